The van der Waals surface area contributed by atoms with Gasteiger partial charge in [-0.1, -0.05) is 43.9 Å². The number of allylic oxidation sites excluding steroid dienone is 4. The SMILES string of the molecule is CC1=C(c2cc(C)no2)C(=O)CCC1.CS.CSC1(SC)CCCC(C)=C1c1cc(C)no1.CSC1=C(c2cc(C)no2)C(C)(SC)CCC1.CSc1cccc(C)c1-c1cc(C)no1. The maximum absolute atomic E-state index is 11.7. The molecular formula is C50H68N4O5S6. The molecule has 5 aromatic rings. The van der Waals surface area contributed by atoms with Crippen molar-refractivity contribution in [1.29, 1.82) is 0 Å². The third-order valence-electron chi connectivity index (χ3n) is 11.7. The number of aromatic nitrogens is 4. The van der Waals surface area contributed by atoms with Crippen LogP contribution in [0.4, 0.5) is 0 Å². The van der Waals surface area contributed by atoms with Crippen molar-refractivity contribution < 1.29 is 22.9 Å². The number of rotatable bonds is 9. The summed E-state index contributed by atoms with van der Waals surface area (Å²) < 4.78 is 21.7. The van der Waals surface area contributed by atoms with E-state index in [-0.39, 0.29) is 14.6 Å². The van der Waals surface area contributed by atoms with Gasteiger partial charge in [0, 0.05) is 57.0 Å². The highest BCUT2D eigenvalue weighted by molar-refractivity contribution is 8.18. The monoisotopic (exact) mass is 996 g/mol. The van der Waals surface area contributed by atoms with Gasteiger partial charge in [0.1, 0.15) is 0 Å². The van der Waals surface area contributed by atoms with Crippen LogP contribution in [0.2, 0.25) is 0 Å². The van der Waals surface area contributed by atoms with Crippen molar-refractivity contribution in [3.8, 4) is 11.3 Å². The lowest BCUT2D eigenvalue weighted by molar-refractivity contribution is -0.114. The number of carbonyl (C=O) groups excluding carboxylic acids is 1. The van der Waals surface area contributed by atoms with Crippen molar-refractivity contribution in [2.75, 3.05) is 37.5 Å². The first-order chi connectivity index (χ1) is 31.1. The second-order valence-corrected chi connectivity index (χ2v) is 21.9. The highest BCUT2D eigenvalue weighted by atomic mass is 32.2. The Bertz CT molecular complexity index is 2420. The summed E-state index contributed by atoms with van der Waals surface area (Å²) in [6, 6.07) is 14.2. The first kappa shape index (κ1) is 54.7. The number of thioether (sulfide) groups is 5. The standard InChI is InChI=1S/2C13H19NOS2.C12H13NOS.C11H13NO2.CH4S/c1-9-8-10(15-14-9)12-11(16-3)6-5-7-13(12,2)17-4;1-9-6-5-7-13(16-3,17-4)12(9)11-8-10(2)14-15-11;1-8-5-4-6-11(15-3)12(8)10-7-9(2)13-14-10;1-7-4-3-5-9(13)11(7)10-6-8(2)12-14-10;1-2/h2*8H,5-7H2,1-4H3;4-7H,1-3H3;6H,3-5H2,1-2H3;2H,1H3. The second-order valence-electron chi connectivity index (χ2n) is 16.4. The van der Waals surface area contributed by atoms with Crippen LogP contribution in [0.1, 0.15) is 124 Å². The number of hydrogen-bond acceptors (Lipinski definition) is 15. The molecule has 3 aliphatic rings. The van der Waals surface area contributed by atoms with Gasteiger partial charge in [-0.3, -0.25) is 4.79 Å². The number of nitrogens with zero attached hydrogens (tertiary/aromatic N) is 4. The van der Waals surface area contributed by atoms with Gasteiger partial charge < -0.3 is 18.1 Å². The minimum absolute atomic E-state index is 0.147. The Kier molecular flexibility index (Phi) is 21.8. The van der Waals surface area contributed by atoms with Gasteiger partial charge in [-0.2, -0.15) is 24.4 Å². The molecule has 9 nitrogen and oxygen atoms in total. The fraction of sp³-hybridized carbons (Fsp3) is 0.500. The summed E-state index contributed by atoms with van der Waals surface area (Å²) in [5.41, 5.74) is 12.1. The first-order valence-electron chi connectivity index (χ1n) is 21.8. The quantitative estimate of drug-likeness (QED) is 0.0856. The van der Waals surface area contributed by atoms with E-state index >= 15 is 0 Å². The van der Waals surface area contributed by atoms with Crippen LogP contribution in [0, 0.1) is 34.6 Å². The number of thiol groups is 1. The van der Waals surface area contributed by atoms with E-state index in [4.69, 9.17) is 18.1 Å². The molecule has 15 heteroatoms. The number of ketones is 1. The number of carbonyl (C=O) groups is 1. The molecule has 0 amide bonds. The van der Waals surface area contributed by atoms with Crippen LogP contribution in [0.15, 0.2) is 81.5 Å². The lowest BCUT2D eigenvalue weighted by atomic mass is 9.86. The molecule has 1 aromatic carbocycles. The molecular weight excluding hydrogens is 929 g/mol. The molecule has 354 valence electrons. The van der Waals surface area contributed by atoms with E-state index in [0.717, 1.165) is 69.6 Å². The number of Topliss-reactive ketones (excluding diaryl/α,β-unsaturated/α-hetero) is 1. The maximum Gasteiger partial charge on any atom is 0.170 e. The minimum atomic E-state index is 0.147. The van der Waals surface area contributed by atoms with Crippen LogP contribution in [0.3, 0.4) is 0 Å². The van der Waals surface area contributed by atoms with Gasteiger partial charge in [-0.05, 0) is 161 Å². The smallest absolute Gasteiger partial charge is 0.170 e. The Balaban J connectivity index is 0.000000188. The van der Waals surface area contributed by atoms with Gasteiger partial charge in [-0.15, -0.1) is 47.0 Å². The molecule has 0 radical (unpaired) electrons. The number of aryl methyl sites for hydroxylation is 5. The van der Waals surface area contributed by atoms with E-state index in [0.29, 0.717) is 12.2 Å². The molecule has 3 aliphatic carbocycles. The molecule has 4 aromatic heterocycles. The molecule has 0 aliphatic heterocycles. The van der Waals surface area contributed by atoms with Gasteiger partial charge in [0.15, 0.2) is 28.8 Å². The van der Waals surface area contributed by atoms with Crippen molar-refractivity contribution in [3.63, 3.8) is 0 Å². The first-order valence-corrected chi connectivity index (χ1v) is 28.8. The molecule has 0 saturated carbocycles. The summed E-state index contributed by atoms with van der Waals surface area (Å²) in [5.74, 6) is 3.59. The summed E-state index contributed by atoms with van der Waals surface area (Å²) >= 11 is 12.9. The van der Waals surface area contributed by atoms with Crippen molar-refractivity contribution in [1.82, 2.24) is 20.6 Å². The van der Waals surface area contributed by atoms with E-state index in [9.17, 15) is 4.79 Å². The zero-order chi connectivity index (χ0) is 47.9. The van der Waals surface area contributed by atoms with E-state index in [1.54, 1.807) is 18.0 Å². The van der Waals surface area contributed by atoms with Crippen molar-refractivity contribution in [3.05, 3.63) is 104 Å². The Hall–Kier alpha value is -2.95. The molecule has 0 N–H and O–H groups in total. The Morgan fingerprint density at radius 3 is 1.55 bits per heavy atom. The third kappa shape index (κ3) is 13.8. The molecule has 0 bridgehead atoms. The Morgan fingerprint density at radius 2 is 1.08 bits per heavy atom. The van der Waals surface area contributed by atoms with Crippen molar-refractivity contribution >= 4 is 93.9 Å². The van der Waals surface area contributed by atoms with Gasteiger partial charge in [0.2, 0.25) is 0 Å². The predicted octanol–water partition coefficient (Wildman–Crippen LogP) is 15.5. The largest absolute Gasteiger partial charge is 0.356 e. The highest BCUT2D eigenvalue weighted by Crippen LogP contribution is 2.54. The zero-order valence-electron chi connectivity index (χ0n) is 40.7. The summed E-state index contributed by atoms with van der Waals surface area (Å²) in [6.45, 7) is 16.4. The second kappa shape index (κ2) is 26.0. The lowest BCUT2D eigenvalue weighted by Gasteiger charge is -2.36. The Labute approximate surface area is 414 Å². The number of hydrogen-bond donors (Lipinski definition) is 1. The van der Waals surface area contributed by atoms with Gasteiger partial charge >= 0.3 is 0 Å². The number of benzene rings is 1. The van der Waals surface area contributed by atoms with E-state index in [1.165, 1.54) is 70.6 Å². The van der Waals surface area contributed by atoms with E-state index < -0.39 is 0 Å². The zero-order valence-corrected chi connectivity index (χ0v) is 45.7. The lowest BCUT2D eigenvalue weighted by Crippen LogP contribution is -2.26. The van der Waals surface area contributed by atoms with Crippen LogP contribution < -0.4 is 0 Å². The van der Waals surface area contributed by atoms with Crippen LogP contribution in [-0.2, 0) is 4.79 Å². The summed E-state index contributed by atoms with van der Waals surface area (Å²) in [4.78, 5) is 14.4. The maximum atomic E-state index is 11.7. The summed E-state index contributed by atoms with van der Waals surface area (Å²) in [5, 5.41) is 15.8. The van der Waals surface area contributed by atoms with E-state index in [1.807, 2.05) is 93.8 Å². The van der Waals surface area contributed by atoms with Gasteiger partial charge in [0.05, 0.1) is 32.4 Å². The average molecular weight is 998 g/mol. The van der Waals surface area contributed by atoms with Crippen LogP contribution >= 0.6 is 71.4 Å². The fourth-order valence-corrected chi connectivity index (χ4v) is 13.1. The fourth-order valence-electron chi connectivity index (χ4n) is 8.39. The van der Waals surface area contributed by atoms with Crippen molar-refractivity contribution in [2.45, 2.75) is 127 Å². The molecule has 1 unspecified atom stereocenters. The average Bonchev–Trinajstić information content (AvgIpc) is 4.14. The van der Waals surface area contributed by atoms with E-state index in [2.05, 4.69) is 116 Å². The molecule has 0 fully saturated rings. The predicted molar refractivity (Wildman–Crippen MR) is 286 cm³/mol. The minimum Gasteiger partial charge on any atom is -0.356 e. The molecule has 1 atom stereocenters. The van der Waals surface area contributed by atoms with Crippen LogP contribution in [-0.4, -0.2) is 72.8 Å². The topological polar surface area (TPSA) is 121 Å². The Morgan fingerprint density at radius 1 is 0.569 bits per heavy atom. The van der Waals surface area contributed by atoms with Crippen LogP contribution in [0.25, 0.3) is 28.0 Å². The normalized spacial score (nSPS) is 18.2. The van der Waals surface area contributed by atoms with Gasteiger partial charge in [0.25, 0.3) is 0 Å². The molecule has 0 spiro atoms. The summed E-state index contributed by atoms with van der Waals surface area (Å²) in [6.07, 6.45) is 22.4. The van der Waals surface area contributed by atoms with Crippen LogP contribution in [0.5, 0.6) is 0 Å². The molecule has 0 saturated heterocycles. The third-order valence-corrected chi connectivity index (χ3v) is 17.8. The molecule has 4 heterocycles. The summed E-state index contributed by atoms with van der Waals surface area (Å²) in [7, 11) is 0. The van der Waals surface area contributed by atoms with Gasteiger partial charge in [-0.25, -0.2) is 0 Å². The molecule has 65 heavy (non-hydrogen) atoms. The highest BCUT2D eigenvalue weighted by Gasteiger charge is 2.39. The molecule has 8 rings (SSSR count). The van der Waals surface area contributed by atoms with Crippen molar-refractivity contribution in [2.24, 2.45) is 0 Å².